The van der Waals surface area contributed by atoms with Gasteiger partial charge in [0.15, 0.2) is 0 Å². The van der Waals surface area contributed by atoms with Crippen molar-refractivity contribution >= 4 is 11.5 Å². The van der Waals surface area contributed by atoms with Crippen molar-refractivity contribution in [2.24, 2.45) is 0 Å². The molecule has 0 radical (unpaired) electrons. The highest BCUT2D eigenvalue weighted by Gasteiger charge is 2.21. The third-order valence-electron chi connectivity index (χ3n) is 2.70. The van der Waals surface area contributed by atoms with Crippen LogP contribution in [0.5, 0.6) is 0 Å². The smallest absolute Gasteiger partial charge is 0.128 e. The van der Waals surface area contributed by atoms with Gasteiger partial charge in [-0.3, -0.25) is 0 Å². The summed E-state index contributed by atoms with van der Waals surface area (Å²) in [6.07, 6.45) is 3.09. The highest BCUT2D eigenvalue weighted by molar-refractivity contribution is 5.48. The van der Waals surface area contributed by atoms with E-state index in [2.05, 4.69) is 10.3 Å². The van der Waals surface area contributed by atoms with Gasteiger partial charge in [-0.1, -0.05) is 13.8 Å². The number of nitrogens with one attached hydrogen (secondary N) is 1. The average molecular weight is 209 g/mol. The molecule has 0 saturated heterocycles. The second kappa shape index (κ2) is 4.98. The van der Waals surface area contributed by atoms with E-state index in [1.165, 1.54) is 0 Å². The van der Waals surface area contributed by atoms with Crippen LogP contribution in [0.2, 0.25) is 0 Å². The van der Waals surface area contributed by atoms with E-state index < -0.39 is 5.60 Å². The summed E-state index contributed by atoms with van der Waals surface area (Å²) < 4.78 is 0. The summed E-state index contributed by atoms with van der Waals surface area (Å²) >= 11 is 0. The van der Waals surface area contributed by atoms with Crippen molar-refractivity contribution in [1.29, 1.82) is 0 Å². The van der Waals surface area contributed by atoms with Crippen LogP contribution in [-0.2, 0) is 0 Å². The van der Waals surface area contributed by atoms with Crippen molar-refractivity contribution in [3.8, 4) is 0 Å². The van der Waals surface area contributed by atoms with Crippen molar-refractivity contribution in [2.75, 3.05) is 17.6 Å². The molecule has 0 fully saturated rings. The lowest BCUT2D eigenvalue weighted by Crippen LogP contribution is -2.35. The number of nitrogen functional groups attached to an aromatic ring is 1. The molecule has 0 aromatic carbocycles. The van der Waals surface area contributed by atoms with Crippen molar-refractivity contribution < 1.29 is 5.11 Å². The average Bonchev–Trinajstić information content (AvgIpc) is 2.26. The first-order valence-corrected chi connectivity index (χ1v) is 5.27. The van der Waals surface area contributed by atoms with E-state index in [1.807, 2.05) is 13.8 Å². The van der Waals surface area contributed by atoms with Crippen LogP contribution in [-0.4, -0.2) is 22.2 Å². The molecule has 0 aliphatic rings. The minimum atomic E-state index is -0.660. The molecule has 1 aromatic rings. The van der Waals surface area contributed by atoms with Gasteiger partial charge in [0.2, 0.25) is 0 Å². The van der Waals surface area contributed by atoms with Crippen LogP contribution >= 0.6 is 0 Å². The van der Waals surface area contributed by atoms with E-state index in [-0.39, 0.29) is 0 Å². The van der Waals surface area contributed by atoms with Crippen LogP contribution in [0.4, 0.5) is 11.5 Å². The van der Waals surface area contributed by atoms with Crippen LogP contribution in [0.1, 0.15) is 26.7 Å². The van der Waals surface area contributed by atoms with Crippen molar-refractivity contribution in [1.82, 2.24) is 4.98 Å². The van der Waals surface area contributed by atoms with Crippen LogP contribution in [0, 0.1) is 0 Å². The standard InChI is InChI=1S/C11H19N3O/c1-3-11(15,4-2)8-14-10-7-9(12)5-6-13-10/h5-7,15H,3-4,8H2,1-2H3,(H3,12,13,14). The first kappa shape index (κ1) is 11.8. The highest BCUT2D eigenvalue weighted by Crippen LogP contribution is 2.16. The van der Waals surface area contributed by atoms with Crippen molar-refractivity contribution in [3.63, 3.8) is 0 Å². The number of nitrogens with zero attached hydrogens (tertiary/aromatic N) is 1. The number of pyridine rings is 1. The van der Waals surface area contributed by atoms with E-state index in [0.717, 1.165) is 12.8 Å². The first-order valence-electron chi connectivity index (χ1n) is 5.27. The van der Waals surface area contributed by atoms with E-state index in [0.29, 0.717) is 18.1 Å². The van der Waals surface area contributed by atoms with Crippen molar-refractivity contribution in [3.05, 3.63) is 18.3 Å². The summed E-state index contributed by atoms with van der Waals surface area (Å²) in [6.45, 7) is 4.44. The highest BCUT2D eigenvalue weighted by atomic mass is 16.3. The molecule has 0 spiro atoms. The molecular weight excluding hydrogens is 190 g/mol. The fraction of sp³-hybridized carbons (Fsp3) is 0.545. The van der Waals surface area contributed by atoms with Crippen LogP contribution in [0.15, 0.2) is 18.3 Å². The Labute approximate surface area is 90.5 Å². The molecule has 0 bridgehead atoms. The Kier molecular flexibility index (Phi) is 3.91. The molecule has 1 rings (SSSR count). The molecule has 1 aromatic heterocycles. The lowest BCUT2D eigenvalue weighted by molar-refractivity contribution is 0.0456. The van der Waals surface area contributed by atoms with Gasteiger partial charge >= 0.3 is 0 Å². The first-order chi connectivity index (χ1) is 7.09. The summed E-state index contributed by atoms with van der Waals surface area (Å²) in [5, 5.41) is 13.1. The van der Waals surface area contributed by atoms with Gasteiger partial charge in [-0.25, -0.2) is 4.98 Å². The van der Waals surface area contributed by atoms with Crippen LogP contribution < -0.4 is 11.1 Å². The van der Waals surface area contributed by atoms with Crippen LogP contribution in [0.25, 0.3) is 0 Å². The SMILES string of the molecule is CCC(O)(CC)CNc1cc(N)ccn1. The van der Waals surface area contributed by atoms with E-state index in [9.17, 15) is 5.11 Å². The molecule has 4 N–H and O–H groups in total. The number of aliphatic hydroxyl groups is 1. The maximum atomic E-state index is 10.0. The molecule has 0 aliphatic carbocycles. The molecule has 1 heterocycles. The third-order valence-corrected chi connectivity index (χ3v) is 2.70. The zero-order valence-electron chi connectivity index (χ0n) is 9.33. The molecule has 0 saturated carbocycles. The summed E-state index contributed by atoms with van der Waals surface area (Å²) in [5.41, 5.74) is 5.63. The Morgan fingerprint density at radius 2 is 2.13 bits per heavy atom. The van der Waals surface area contributed by atoms with Crippen LogP contribution in [0.3, 0.4) is 0 Å². The molecule has 4 heteroatoms. The van der Waals surface area contributed by atoms with Gasteiger partial charge in [0, 0.05) is 24.5 Å². The van der Waals surface area contributed by atoms with E-state index in [1.54, 1.807) is 18.3 Å². The zero-order valence-corrected chi connectivity index (χ0v) is 9.33. The Morgan fingerprint density at radius 1 is 1.47 bits per heavy atom. The largest absolute Gasteiger partial charge is 0.399 e. The number of aromatic nitrogens is 1. The minimum absolute atomic E-state index is 0.496. The molecule has 4 nitrogen and oxygen atoms in total. The molecule has 0 aliphatic heterocycles. The second-order valence-corrected chi connectivity index (χ2v) is 3.76. The molecule has 15 heavy (non-hydrogen) atoms. The Bertz CT molecular complexity index is 310. The molecule has 84 valence electrons. The van der Waals surface area contributed by atoms with E-state index >= 15 is 0 Å². The summed E-state index contributed by atoms with van der Waals surface area (Å²) in [5.74, 6) is 0.704. The Balaban J connectivity index is 2.56. The number of nitrogens with two attached hydrogens (primary N) is 1. The maximum Gasteiger partial charge on any atom is 0.128 e. The van der Waals surface area contributed by atoms with Gasteiger partial charge in [0.1, 0.15) is 5.82 Å². The topological polar surface area (TPSA) is 71.2 Å². The normalized spacial score (nSPS) is 11.4. The predicted octanol–water partition coefficient (Wildman–Crippen LogP) is 1.63. The van der Waals surface area contributed by atoms with Gasteiger partial charge in [-0.05, 0) is 18.9 Å². The van der Waals surface area contributed by atoms with Gasteiger partial charge in [-0.2, -0.15) is 0 Å². The molecule has 0 amide bonds. The number of rotatable bonds is 5. The fourth-order valence-corrected chi connectivity index (χ4v) is 1.30. The Hall–Kier alpha value is -1.29. The number of hydrogen-bond acceptors (Lipinski definition) is 4. The van der Waals surface area contributed by atoms with Gasteiger partial charge in [0.25, 0.3) is 0 Å². The summed E-state index contributed by atoms with van der Waals surface area (Å²) in [6, 6.07) is 3.49. The Morgan fingerprint density at radius 3 is 2.67 bits per heavy atom. The lowest BCUT2D eigenvalue weighted by atomic mass is 9.98. The van der Waals surface area contributed by atoms with Crippen molar-refractivity contribution in [2.45, 2.75) is 32.3 Å². The predicted molar refractivity (Wildman–Crippen MR) is 62.7 cm³/mol. The second-order valence-electron chi connectivity index (χ2n) is 3.76. The van der Waals surface area contributed by atoms with Gasteiger partial charge in [-0.15, -0.1) is 0 Å². The summed E-state index contributed by atoms with van der Waals surface area (Å²) in [4.78, 5) is 4.11. The quantitative estimate of drug-likeness (QED) is 0.689. The zero-order chi connectivity index (χ0) is 11.3. The number of hydrogen-bond donors (Lipinski definition) is 3. The van der Waals surface area contributed by atoms with Gasteiger partial charge in [0.05, 0.1) is 5.60 Å². The van der Waals surface area contributed by atoms with Gasteiger partial charge < -0.3 is 16.2 Å². The van der Waals surface area contributed by atoms with E-state index in [4.69, 9.17) is 5.73 Å². The molecule has 0 atom stereocenters. The lowest BCUT2D eigenvalue weighted by Gasteiger charge is -2.25. The molecule has 0 unspecified atom stereocenters. The maximum absolute atomic E-state index is 10.0. The molecular formula is C11H19N3O. The fourth-order valence-electron chi connectivity index (χ4n) is 1.30. The monoisotopic (exact) mass is 209 g/mol. The number of anilines is 2. The summed E-state index contributed by atoms with van der Waals surface area (Å²) in [7, 11) is 0. The minimum Gasteiger partial charge on any atom is -0.399 e. The third kappa shape index (κ3) is 3.40.